The Balaban J connectivity index is 1.87. The van der Waals surface area contributed by atoms with E-state index in [1.54, 1.807) is 21.1 Å². The van der Waals surface area contributed by atoms with Crippen molar-refractivity contribution in [3.05, 3.63) is 23.8 Å². The molecule has 0 amide bonds. The lowest BCUT2D eigenvalue weighted by Crippen LogP contribution is -2.47. The van der Waals surface area contributed by atoms with Crippen molar-refractivity contribution in [2.24, 2.45) is 5.41 Å². The van der Waals surface area contributed by atoms with Crippen molar-refractivity contribution >= 4 is 5.97 Å². The molecule has 2 fully saturated rings. The summed E-state index contributed by atoms with van der Waals surface area (Å²) < 4.78 is 21.7. The molecule has 1 N–H and O–H groups in total. The van der Waals surface area contributed by atoms with Gasteiger partial charge in [-0.3, -0.25) is 4.79 Å². The molecule has 2 aliphatic rings. The third-order valence-electron chi connectivity index (χ3n) is 5.62. The van der Waals surface area contributed by atoms with Gasteiger partial charge in [0, 0.05) is 0 Å². The van der Waals surface area contributed by atoms with Crippen molar-refractivity contribution in [2.75, 3.05) is 27.4 Å². The number of epoxide rings is 1. The van der Waals surface area contributed by atoms with E-state index in [4.69, 9.17) is 18.9 Å². The molecule has 6 heteroatoms. The highest BCUT2D eigenvalue weighted by Gasteiger charge is 2.72. The van der Waals surface area contributed by atoms with Crippen LogP contribution in [0.15, 0.2) is 18.2 Å². The van der Waals surface area contributed by atoms with Gasteiger partial charge in [-0.1, -0.05) is 0 Å². The molecule has 1 aliphatic heterocycles. The van der Waals surface area contributed by atoms with Crippen molar-refractivity contribution in [1.29, 1.82) is 0 Å². The van der Waals surface area contributed by atoms with Crippen LogP contribution in [0.3, 0.4) is 0 Å². The number of carbonyl (C=O) groups is 1. The summed E-state index contributed by atoms with van der Waals surface area (Å²) in [6.07, 6.45) is 1.64. The molecule has 1 aliphatic carbocycles. The summed E-state index contributed by atoms with van der Waals surface area (Å²) in [6.45, 7) is 2.51. The van der Waals surface area contributed by atoms with Gasteiger partial charge >= 0.3 is 5.97 Å². The van der Waals surface area contributed by atoms with Gasteiger partial charge in [0.2, 0.25) is 0 Å². The smallest absolute Gasteiger partial charge is 0.315 e. The summed E-state index contributed by atoms with van der Waals surface area (Å²) in [5.41, 5.74) is -0.635. The van der Waals surface area contributed by atoms with Gasteiger partial charge < -0.3 is 24.1 Å². The van der Waals surface area contributed by atoms with Crippen LogP contribution in [0.5, 0.6) is 11.5 Å². The van der Waals surface area contributed by atoms with Gasteiger partial charge in [0.1, 0.15) is 22.5 Å². The van der Waals surface area contributed by atoms with Crippen molar-refractivity contribution in [3.63, 3.8) is 0 Å². The first-order valence-corrected chi connectivity index (χ1v) is 8.73. The average molecular weight is 350 g/mol. The van der Waals surface area contributed by atoms with E-state index < -0.39 is 17.1 Å². The summed E-state index contributed by atoms with van der Waals surface area (Å²) in [5.74, 6) is 1.22. The number of ether oxygens (including phenoxy) is 4. The van der Waals surface area contributed by atoms with E-state index in [0.717, 1.165) is 17.1 Å². The van der Waals surface area contributed by atoms with Gasteiger partial charge in [-0.2, -0.15) is 0 Å². The molecule has 6 nitrogen and oxygen atoms in total. The molecule has 1 saturated heterocycles. The lowest BCUT2D eigenvalue weighted by atomic mass is 9.73. The van der Waals surface area contributed by atoms with Crippen LogP contribution in [0.2, 0.25) is 0 Å². The number of esters is 1. The number of aryl methyl sites for hydroxylation is 1. The van der Waals surface area contributed by atoms with Crippen molar-refractivity contribution in [3.8, 4) is 11.5 Å². The Morgan fingerprint density at radius 2 is 2.12 bits per heavy atom. The molecule has 138 valence electrons. The topological polar surface area (TPSA) is 77.5 Å². The highest BCUT2D eigenvalue weighted by molar-refractivity contribution is 5.80. The van der Waals surface area contributed by atoms with Gasteiger partial charge in [-0.15, -0.1) is 0 Å². The first-order valence-electron chi connectivity index (χ1n) is 8.73. The van der Waals surface area contributed by atoms with Crippen LogP contribution in [0.1, 0.15) is 31.7 Å². The Morgan fingerprint density at radius 1 is 1.36 bits per heavy atom. The van der Waals surface area contributed by atoms with E-state index in [-0.39, 0.29) is 5.97 Å². The maximum Gasteiger partial charge on any atom is 0.315 e. The second-order valence-corrected chi connectivity index (χ2v) is 6.71. The number of carbonyl (C=O) groups excluding carboxylic acids is 1. The van der Waals surface area contributed by atoms with Crippen LogP contribution < -0.4 is 9.47 Å². The first kappa shape index (κ1) is 18.0. The van der Waals surface area contributed by atoms with Crippen LogP contribution in [0.25, 0.3) is 0 Å². The van der Waals surface area contributed by atoms with E-state index in [0.29, 0.717) is 38.9 Å². The number of methoxy groups -OCH3 is 2. The molecule has 1 aromatic rings. The molecule has 0 aromatic heterocycles. The lowest BCUT2D eigenvalue weighted by molar-refractivity contribution is -0.161. The molecular weight excluding hydrogens is 324 g/mol. The third kappa shape index (κ3) is 2.87. The Kier molecular flexibility index (Phi) is 4.93. The molecule has 25 heavy (non-hydrogen) atoms. The van der Waals surface area contributed by atoms with E-state index in [1.165, 1.54) is 0 Å². The maximum absolute atomic E-state index is 12.8. The molecule has 3 atom stereocenters. The van der Waals surface area contributed by atoms with Crippen LogP contribution in [0, 0.1) is 5.41 Å². The summed E-state index contributed by atoms with van der Waals surface area (Å²) in [6, 6.07) is 5.62. The molecule has 0 bridgehead atoms. The number of aliphatic hydroxyl groups is 1. The number of benzene rings is 1. The fourth-order valence-electron chi connectivity index (χ4n) is 4.10. The Bertz CT molecular complexity index is 639. The van der Waals surface area contributed by atoms with Gasteiger partial charge in [-0.05, 0) is 56.4 Å². The quantitative estimate of drug-likeness (QED) is 0.599. The minimum absolute atomic E-state index is 0.272. The molecule has 1 aromatic carbocycles. The van der Waals surface area contributed by atoms with Crippen molar-refractivity contribution in [1.82, 2.24) is 0 Å². The zero-order valence-electron chi connectivity index (χ0n) is 15.0. The van der Waals surface area contributed by atoms with Crippen LogP contribution >= 0.6 is 0 Å². The highest BCUT2D eigenvalue weighted by atomic mass is 16.6. The van der Waals surface area contributed by atoms with Crippen LogP contribution in [-0.2, 0) is 20.7 Å². The van der Waals surface area contributed by atoms with E-state index in [2.05, 4.69) is 0 Å². The third-order valence-corrected chi connectivity index (χ3v) is 5.62. The highest BCUT2D eigenvalue weighted by Crippen LogP contribution is 2.59. The van der Waals surface area contributed by atoms with Crippen LogP contribution in [0.4, 0.5) is 0 Å². The second kappa shape index (κ2) is 6.84. The van der Waals surface area contributed by atoms with E-state index in [9.17, 15) is 9.90 Å². The fraction of sp³-hybridized carbons (Fsp3) is 0.632. The molecule has 1 unspecified atom stereocenters. The minimum Gasteiger partial charge on any atom is -0.497 e. The summed E-state index contributed by atoms with van der Waals surface area (Å²) in [7, 11) is 3.24. The number of hydrogen-bond acceptors (Lipinski definition) is 6. The van der Waals surface area contributed by atoms with Gasteiger partial charge in [0.15, 0.2) is 0 Å². The Hall–Kier alpha value is -1.79. The summed E-state index contributed by atoms with van der Waals surface area (Å²) in [5, 5.41) is 10.4. The van der Waals surface area contributed by atoms with Gasteiger partial charge in [-0.25, -0.2) is 0 Å². The zero-order chi connectivity index (χ0) is 18.1. The molecule has 0 radical (unpaired) electrons. The molecular formula is C19H26O6. The lowest BCUT2D eigenvalue weighted by Gasteiger charge is -2.32. The molecule has 1 heterocycles. The number of aliphatic hydroxyl groups excluding tert-OH is 1. The van der Waals surface area contributed by atoms with Crippen molar-refractivity contribution in [2.45, 2.75) is 44.3 Å². The average Bonchev–Trinajstić information content (AvgIpc) is 3.38. The Labute approximate surface area is 148 Å². The SMILES string of the molecule is CCOC(=O)C1(CCc2cc(OC)ccc2OC)CC[C@@H](O)[C@]12CO2. The van der Waals surface area contributed by atoms with Crippen LogP contribution in [-0.4, -0.2) is 50.2 Å². The zero-order valence-corrected chi connectivity index (χ0v) is 15.0. The minimum atomic E-state index is -0.809. The van der Waals surface area contributed by atoms with Gasteiger partial charge in [0.25, 0.3) is 0 Å². The molecule has 1 spiro atoms. The fourth-order valence-corrected chi connectivity index (χ4v) is 4.10. The monoisotopic (exact) mass is 350 g/mol. The standard InChI is InChI=1S/C19H26O6/c1-4-24-17(21)18(10-8-16(20)19(18)12-25-19)9-7-13-11-14(22-2)5-6-15(13)23-3/h5-6,11,16,20H,4,7-10,12H2,1-3H3/t16-,18?,19-/m1/s1. The summed E-state index contributed by atoms with van der Waals surface area (Å²) in [4.78, 5) is 12.8. The van der Waals surface area contributed by atoms with E-state index in [1.807, 2.05) is 18.2 Å². The van der Waals surface area contributed by atoms with E-state index >= 15 is 0 Å². The van der Waals surface area contributed by atoms with Crippen molar-refractivity contribution < 1.29 is 28.8 Å². The normalized spacial score (nSPS) is 30.3. The largest absolute Gasteiger partial charge is 0.497 e. The summed E-state index contributed by atoms with van der Waals surface area (Å²) >= 11 is 0. The number of hydrogen-bond donors (Lipinski definition) is 1. The predicted octanol–water partition coefficient (Wildman–Crippen LogP) is 2.11. The number of rotatable bonds is 7. The molecule has 1 saturated carbocycles. The van der Waals surface area contributed by atoms with Gasteiger partial charge in [0.05, 0.1) is 33.5 Å². The molecule has 3 rings (SSSR count). The maximum atomic E-state index is 12.8. The Morgan fingerprint density at radius 3 is 2.72 bits per heavy atom. The predicted molar refractivity (Wildman–Crippen MR) is 90.9 cm³/mol. The first-order chi connectivity index (χ1) is 12.0. The second-order valence-electron chi connectivity index (χ2n) is 6.71.